The van der Waals surface area contributed by atoms with Gasteiger partial charge in [0.1, 0.15) is 6.04 Å². The zero-order chi connectivity index (χ0) is 26.9. The van der Waals surface area contributed by atoms with Crippen LogP contribution in [0.1, 0.15) is 49.4 Å². The first-order valence-corrected chi connectivity index (χ1v) is 13.1. The van der Waals surface area contributed by atoms with Gasteiger partial charge in [-0.3, -0.25) is 9.36 Å². The highest BCUT2D eigenvalue weighted by Gasteiger charge is 2.26. The van der Waals surface area contributed by atoms with Gasteiger partial charge in [0.2, 0.25) is 0 Å². The summed E-state index contributed by atoms with van der Waals surface area (Å²) in [6.45, 7) is 7.02. The Hall–Kier alpha value is -3.39. The van der Waals surface area contributed by atoms with Gasteiger partial charge in [0.25, 0.3) is 0 Å². The third-order valence-electron chi connectivity index (χ3n) is 7.53. The number of rotatable bonds is 10. The summed E-state index contributed by atoms with van der Waals surface area (Å²) >= 11 is 0. The van der Waals surface area contributed by atoms with Gasteiger partial charge >= 0.3 is 11.7 Å². The van der Waals surface area contributed by atoms with Crippen molar-refractivity contribution in [3.63, 3.8) is 0 Å². The van der Waals surface area contributed by atoms with E-state index in [1.165, 1.54) is 22.0 Å². The molecule has 4 rings (SSSR count). The minimum Gasteiger partial charge on any atom is -0.465 e. The Labute approximate surface area is 218 Å². The fraction of sp³-hybridized carbons (Fsp3) is 0.483. The van der Waals surface area contributed by atoms with Crippen LogP contribution in [0.4, 0.5) is 0 Å². The number of aryl methyl sites for hydroxylation is 2. The molecule has 0 fully saturated rings. The number of H-pyrrole nitrogens is 1. The monoisotopic (exact) mass is 506 g/mol. The number of carbonyl (C=O) groups excluding carboxylic acids is 1. The van der Waals surface area contributed by atoms with E-state index in [0.717, 1.165) is 16.5 Å². The van der Waals surface area contributed by atoms with E-state index in [4.69, 9.17) is 4.74 Å². The number of hydrogen-bond donors (Lipinski definition) is 1. The summed E-state index contributed by atoms with van der Waals surface area (Å²) < 4.78 is 10.3. The van der Waals surface area contributed by atoms with E-state index < -0.39 is 5.92 Å². The number of ether oxygens (including phenoxy) is 1. The molecule has 3 heterocycles. The predicted octanol–water partition coefficient (Wildman–Crippen LogP) is 4.49. The average Bonchev–Trinajstić information content (AvgIpc) is 3.34. The molecule has 0 aliphatic rings. The molecule has 2 atom stereocenters. The number of esters is 1. The van der Waals surface area contributed by atoms with Crippen molar-refractivity contribution in [2.75, 3.05) is 27.7 Å². The molecular weight excluding hydrogens is 466 g/mol. The van der Waals surface area contributed by atoms with Crippen LogP contribution in [-0.4, -0.2) is 57.3 Å². The molecule has 0 aliphatic heterocycles. The molecule has 1 N–H and O–H groups in total. The van der Waals surface area contributed by atoms with Crippen LogP contribution in [0.25, 0.3) is 22.1 Å². The van der Waals surface area contributed by atoms with Crippen LogP contribution in [-0.2, 0) is 29.5 Å². The topological polar surface area (TPSA) is 81.9 Å². The molecule has 0 amide bonds. The second-order valence-electron chi connectivity index (χ2n) is 11.1. The highest BCUT2D eigenvalue weighted by molar-refractivity contribution is 5.88. The summed E-state index contributed by atoms with van der Waals surface area (Å²) in [5, 5.41) is 1.31. The summed E-state index contributed by atoms with van der Waals surface area (Å²) in [4.78, 5) is 32.6. The molecule has 4 aromatic rings. The molecule has 8 heteroatoms. The van der Waals surface area contributed by atoms with Crippen molar-refractivity contribution in [2.24, 2.45) is 13.0 Å². The predicted molar refractivity (Wildman–Crippen MR) is 148 cm³/mol. The molecule has 2 unspecified atom stereocenters. The molecule has 0 saturated heterocycles. The number of carbonyl (C=O) groups is 1. The Kier molecular flexibility index (Phi) is 7.59. The van der Waals surface area contributed by atoms with Gasteiger partial charge in [-0.05, 0) is 49.6 Å². The zero-order valence-corrected chi connectivity index (χ0v) is 23.2. The molecule has 0 spiro atoms. The third kappa shape index (κ3) is 5.49. The molecule has 1 aromatic carbocycles. The van der Waals surface area contributed by atoms with Gasteiger partial charge in [-0.1, -0.05) is 19.4 Å². The number of fused-ring (bicyclic) bond motifs is 2. The number of quaternary nitrogens is 1. The zero-order valence-electron chi connectivity index (χ0n) is 23.2. The summed E-state index contributed by atoms with van der Waals surface area (Å²) in [6.07, 6.45) is 6.00. The first-order chi connectivity index (χ1) is 17.5. The van der Waals surface area contributed by atoms with Crippen molar-refractivity contribution in [1.29, 1.82) is 0 Å². The van der Waals surface area contributed by atoms with E-state index in [2.05, 4.69) is 74.9 Å². The van der Waals surface area contributed by atoms with Gasteiger partial charge in [0, 0.05) is 48.9 Å². The van der Waals surface area contributed by atoms with Crippen LogP contribution in [0.5, 0.6) is 0 Å². The lowest BCUT2D eigenvalue weighted by molar-refractivity contribution is -0.900. The minimum absolute atomic E-state index is 0.254. The van der Waals surface area contributed by atoms with E-state index in [0.29, 0.717) is 36.7 Å². The fourth-order valence-corrected chi connectivity index (χ4v) is 5.11. The van der Waals surface area contributed by atoms with Gasteiger partial charge in [0.05, 0.1) is 39.2 Å². The van der Waals surface area contributed by atoms with Crippen molar-refractivity contribution >= 4 is 28.0 Å². The van der Waals surface area contributed by atoms with Crippen LogP contribution in [0.3, 0.4) is 0 Å². The lowest BCUT2D eigenvalue weighted by atomic mass is 9.98. The summed E-state index contributed by atoms with van der Waals surface area (Å²) in [5.41, 5.74) is 5.91. The summed E-state index contributed by atoms with van der Waals surface area (Å²) in [5.74, 6) is -0.671. The highest BCUT2D eigenvalue weighted by Crippen LogP contribution is 2.34. The molecule has 0 radical (unpaired) electrons. The second kappa shape index (κ2) is 10.5. The van der Waals surface area contributed by atoms with E-state index in [9.17, 15) is 9.59 Å². The van der Waals surface area contributed by atoms with E-state index in [-0.39, 0.29) is 18.2 Å². The molecule has 0 saturated carbocycles. The fourth-order valence-electron chi connectivity index (χ4n) is 5.11. The molecule has 8 nitrogen and oxygen atoms in total. The SMILES string of the molecule is CCCC(Cn1c(=O)[nH]c2cccnc21)C(=O)OCCc1cc(C)c2c(C(C)[N+](C)(C)C)cn(C)c2c1. The second-order valence-corrected chi connectivity index (χ2v) is 11.1. The van der Waals surface area contributed by atoms with Crippen molar-refractivity contribution in [2.45, 2.75) is 52.6 Å². The van der Waals surface area contributed by atoms with Crippen LogP contribution >= 0.6 is 0 Å². The smallest absolute Gasteiger partial charge is 0.327 e. The number of nitrogens with one attached hydrogen (secondary N) is 1. The largest absolute Gasteiger partial charge is 0.465 e. The van der Waals surface area contributed by atoms with Crippen LogP contribution < -0.4 is 5.69 Å². The van der Waals surface area contributed by atoms with Gasteiger partial charge in [-0.2, -0.15) is 0 Å². The number of aromatic amines is 1. The van der Waals surface area contributed by atoms with Gasteiger partial charge < -0.3 is 18.8 Å². The van der Waals surface area contributed by atoms with Gasteiger partial charge in [-0.25, -0.2) is 9.78 Å². The molecule has 37 heavy (non-hydrogen) atoms. The maximum Gasteiger partial charge on any atom is 0.327 e. The lowest BCUT2D eigenvalue weighted by Crippen LogP contribution is -2.37. The normalized spacial score (nSPS) is 13.8. The Morgan fingerprint density at radius 2 is 2.00 bits per heavy atom. The Morgan fingerprint density at radius 3 is 2.70 bits per heavy atom. The van der Waals surface area contributed by atoms with Crippen LogP contribution in [0.15, 0.2) is 41.5 Å². The Balaban J connectivity index is 1.47. The quantitative estimate of drug-likeness (QED) is 0.254. The lowest BCUT2D eigenvalue weighted by Gasteiger charge is -2.31. The first kappa shape index (κ1) is 26.7. The number of pyridine rings is 1. The van der Waals surface area contributed by atoms with Crippen molar-refractivity contribution in [1.82, 2.24) is 19.1 Å². The number of aromatic nitrogens is 4. The van der Waals surface area contributed by atoms with Crippen LogP contribution in [0.2, 0.25) is 0 Å². The Morgan fingerprint density at radius 1 is 1.24 bits per heavy atom. The highest BCUT2D eigenvalue weighted by atomic mass is 16.5. The average molecular weight is 507 g/mol. The maximum absolute atomic E-state index is 13.0. The molecule has 198 valence electrons. The maximum atomic E-state index is 13.0. The summed E-state index contributed by atoms with van der Waals surface area (Å²) in [7, 11) is 8.75. The molecule has 0 bridgehead atoms. The number of hydrogen-bond acceptors (Lipinski definition) is 4. The van der Waals surface area contributed by atoms with Crippen molar-refractivity contribution in [3.8, 4) is 0 Å². The molecule has 3 aromatic heterocycles. The van der Waals surface area contributed by atoms with E-state index >= 15 is 0 Å². The number of benzene rings is 1. The minimum atomic E-state index is -0.402. The first-order valence-electron chi connectivity index (χ1n) is 13.1. The van der Waals surface area contributed by atoms with Gasteiger partial charge in [0.15, 0.2) is 5.65 Å². The standard InChI is InChI=1S/C29H39N5O3/c1-8-10-22(17-33-27-24(31-29(33)36)11-9-13-30-27)28(35)37-14-12-21-15-19(2)26-23(20(3)34(5,6)7)18-32(4)25(26)16-21/h9,11,13,15-16,18,20,22H,8,10,12,14,17H2,1-7H3/p+1. The molecule has 0 aliphatic carbocycles. The number of nitrogens with zero attached hydrogens (tertiary/aromatic N) is 4. The van der Waals surface area contributed by atoms with E-state index in [1.54, 1.807) is 16.8 Å². The summed E-state index contributed by atoms with van der Waals surface area (Å²) in [6, 6.07) is 8.38. The van der Waals surface area contributed by atoms with Crippen molar-refractivity contribution in [3.05, 3.63) is 63.8 Å². The third-order valence-corrected chi connectivity index (χ3v) is 7.53. The Bertz CT molecular complexity index is 1470. The van der Waals surface area contributed by atoms with Gasteiger partial charge in [-0.15, -0.1) is 0 Å². The molecular formula is C29H40N5O3+. The van der Waals surface area contributed by atoms with Crippen molar-refractivity contribution < 1.29 is 14.0 Å². The van der Waals surface area contributed by atoms with E-state index in [1.807, 2.05) is 13.0 Å². The number of imidazole rings is 1. The van der Waals surface area contributed by atoms with Crippen LogP contribution in [0, 0.1) is 12.8 Å².